The lowest BCUT2D eigenvalue weighted by atomic mass is 9.98. The predicted molar refractivity (Wildman–Crippen MR) is 110 cm³/mol. The van der Waals surface area contributed by atoms with Gasteiger partial charge in [0.2, 0.25) is 15.9 Å². The number of likely N-dealkylation sites (tertiary alicyclic amines) is 1. The summed E-state index contributed by atoms with van der Waals surface area (Å²) in [6.07, 6.45) is 4.82. The van der Waals surface area contributed by atoms with Gasteiger partial charge in [0.25, 0.3) is 0 Å². The number of aromatic nitrogens is 1. The second kappa shape index (κ2) is 9.57. The molecule has 0 aromatic carbocycles. The first-order valence-electron chi connectivity index (χ1n) is 10.7. The van der Waals surface area contributed by atoms with Crippen LogP contribution in [0.5, 0.6) is 0 Å². The van der Waals surface area contributed by atoms with E-state index in [1.54, 1.807) is 13.8 Å². The monoisotopic (exact) mass is 426 g/mol. The summed E-state index contributed by atoms with van der Waals surface area (Å²) in [5.41, 5.74) is 0.362. The minimum absolute atomic E-state index is 0.0454. The fourth-order valence-corrected chi connectivity index (χ4v) is 6.11. The van der Waals surface area contributed by atoms with E-state index in [1.807, 2.05) is 0 Å². The Bertz CT molecular complexity index is 780. The van der Waals surface area contributed by atoms with Crippen molar-refractivity contribution in [2.75, 3.05) is 39.3 Å². The number of amides is 1. The van der Waals surface area contributed by atoms with Crippen molar-refractivity contribution in [3.05, 3.63) is 11.5 Å². The molecule has 1 aromatic heterocycles. The minimum atomic E-state index is -3.70. The van der Waals surface area contributed by atoms with Crippen molar-refractivity contribution in [1.29, 1.82) is 0 Å². The second-order valence-electron chi connectivity index (χ2n) is 8.52. The number of sulfonamides is 1. The molecule has 3 rings (SSSR count). The summed E-state index contributed by atoms with van der Waals surface area (Å²) in [7, 11) is -3.70. The smallest absolute Gasteiger partial charge is 0.248 e. The second-order valence-corrected chi connectivity index (χ2v) is 10.4. The van der Waals surface area contributed by atoms with Crippen molar-refractivity contribution in [3.63, 3.8) is 0 Å². The summed E-state index contributed by atoms with van der Waals surface area (Å²) >= 11 is 0. The Morgan fingerprint density at radius 2 is 1.93 bits per heavy atom. The van der Waals surface area contributed by atoms with Gasteiger partial charge in [-0.15, -0.1) is 0 Å². The van der Waals surface area contributed by atoms with E-state index in [9.17, 15) is 13.2 Å². The zero-order valence-corrected chi connectivity index (χ0v) is 18.6. The Balaban J connectivity index is 1.48. The summed E-state index contributed by atoms with van der Waals surface area (Å²) in [6.45, 7) is 10.1. The molecule has 0 saturated carbocycles. The Hall–Kier alpha value is -1.45. The molecule has 2 aliphatic heterocycles. The van der Waals surface area contributed by atoms with Crippen molar-refractivity contribution in [3.8, 4) is 0 Å². The molecule has 0 spiro atoms. The Morgan fingerprint density at radius 1 is 1.21 bits per heavy atom. The average molecular weight is 427 g/mol. The third-order valence-electron chi connectivity index (χ3n) is 6.15. The molecule has 29 heavy (non-hydrogen) atoms. The minimum Gasteiger partial charge on any atom is -0.360 e. The van der Waals surface area contributed by atoms with Crippen LogP contribution in [-0.2, 0) is 14.8 Å². The molecule has 2 aliphatic rings. The summed E-state index contributed by atoms with van der Waals surface area (Å²) in [5.74, 6) is 0.758. The molecule has 2 saturated heterocycles. The van der Waals surface area contributed by atoms with Gasteiger partial charge in [-0.05, 0) is 71.5 Å². The van der Waals surface area contributed by atoms with E-state index in [2.05, 4.69) is 22.3 Å². The van der Waals surface area contributed by atoms with Gasteiger partial charge in [-0.3, -0.25) is 4.79 Å². The van der Waals surface area contributed by atoms with Gasteiger partial charge in [0, 0.05) is 19.6 Å². The van der Waals surface area contributed by atoms with Gasteiger partial charge in [0.1, 0.15) is 10.6 Å². The van der Waals surface area contributed by atoms with Crippen LogP contribution in [0.2, 0.25) is 0 Å². The lowest BCUT2D eigenvalue weighted by Crippen LogP contribution is -2.46. The van der Waals surface area contributed by atoms with Crippen LogP contribution in [0.4, 0.5) is 0 Å². The normalized spacial score (nSPS) is 22.7. The Labute approximate surface area is 174 Å². The highest BCUT2D eigenvalue weighted by Crippen LogP contribution is 2.27. The van der Waals surface area contributed by atoms with Crippen molar-refractivity contribution in [2.24, 2.45) is 11.8 Å². The first-order chi connectivity index (χ1) is 13.8. The molecule has 3 heterocycles. The molecule has 9 heteroatoms. The fourth-order valence-electron chi connectivity index (χ4n) is 4.29. The van der Waals surface area contributed by atoms with Gasteiger partial charge in [0.05, 0.1) is 5.92 Å². The summed E-state index contributed by atoms with van der Waals surface area (Å²) in [4.78, 5) is 15.2. The highest BCUT2D eigenvalue weighted by atomic mass is 32.2. The zero-order chi connectivity index (χ0) is 21.0. The molecule has 1 amide bonds. The summed E-state index contributed by atoms with van der Waals surface area (Å²) in [5, 5.41) is 6.77. The number of piperidine rings is 2. The number of hydrogen-bond acceptors (Lipinski definition) is 6. The first-order valence-corrected chi connectivity index (χ1v) is 12.2. The Kier molecular flexibility index (Phi) is 7.34. The topological polar surface area (TPSA) is 95.8 Å². The molecule has 1 aromatic rings. The highest BCUT2D eigenvalue weighted by molar-refractivity contribution is 7.89. The van der Waals surface area contributed by atoms with Crippen molar-refractivity contribution in [2.45, 2.75) is 57.8 Å². The number of rotatable bonds is 7. The van der Waals surface area contributed by atoms with E-state index < -0.39 is 10.0 Å². The van der Waals surface area contributed by atoms with E-state index in [4.69, 9.17) is 4.52 Å². The quantitative estimate of drug-likeness (QED) is 0.670. The van der Waals surface area contributed by atoms with Crippen LogP contribution in [0.25, 0.3) is 0 Å². The van der Waals surface area contributed by atoms with E-state index in [0.717, 1.165) is 32.0 Å². The van der Waals surface area contributed by atoms with Crippen LogP contribution in [0.1, 0.15) is 50.5 Å². The molecular weight excluding hydrogens is 392 g/mol. The maximum atomic E-state index is 13.0. The number of nitrogens with one attached hydrogen (secondary N) is 1. The Morgan fingerprint density at radius 3 is 2.59 bits per heavy atom. The molecule has 1 atom stereocenters. The highest BCUT2D eigenvalue weighted by Gasteiger charge is 2.36. The van der Waals surface area contributed by atoms with Crippen LogP contribution < -0.4 is 5.32 Å². The molecule has 0 bridgehead atoms. The molecule has 8 nitrogen and oxygen atoms in total. The average Bonchev–Trinajstić information content (AvgIpc) is 3.05. The zero-order valence-electron chi connectivity index (χ0n) is 17.8. The standard InChI is InChI=1S/C20H34N4O4S/c1-15-7-12-23(13-8-15)10-5-9-21-20(25)18-6-4-11-24(14-18)29(26,27)19-16(2)22-28-17(19)3/h15,18H,4-14H2,1-3H3,(H,21,25). The van der Waals surface area contributed by atoms with Crippen LogP contribution in [-0.4, -0.2) is 68.0 Å². The van der Waals surface area contributed by atoms with E-state index in [0.29, 0.717) is 37.4 Å². The third kappa shape index (κ3) is 5.38. The van der Waals surface area contributed by atoms with Crippen LogP contribution in [0.15, 0.2) is 9.42 Å². The van der Waals surface area contributed by atoms with E-state index >= 15 is 0 Å². The predicted octanol–water partition coefficient (Wildman–Crippen LogP) is 1.93. The number of carbonyl (C=O) groups is 1. The van der Waals surface area contributed by atoms with Gasteiger partial charge < -0.3 is 14.7 Å². The molecule has 0 radical (unpaired) electrons. The van der Waals surface area contributed by atoms with Gasteiger partial charge in [-0.25, -0.2) is 8.42 Å². The maximum Gasteiger partial charge on any atom is 0.248 e. The summed E-state index contributed by atoms with van der Waals surface area (Å²) < 4.78 is 32.4. The van der Waals surface area contributed by atoms with Crippen molar-refractivity contribution < 1.29 is 17.7 Å². The van der Waals surface area contributed by atoms with E-state index in [1.165, 1.54) is 17.1 Å². The molecular formula is C20H34N4O4S. The van der Waals surface area contributed by atoms with Crippen LogP contribution >= 0.6 is 0 Å². The molecule has 2 fully saturated rings. The molecule has 164 valence electrons. The first kappa shape index (κ1) is 22.2. The van der Waals surface area contributed by atoms with Gasteiger partial charge in [0.15, 0.2) is 5.76 Å². The lowest BCUT2D eigenvalue weighted by Gasteiger charge is -2.31. The number of carbonyl (C=O) groups excluding carboxylic acids is 1. The van der Waals surface area contributed by atoms with Gasteiger partial charge in [-0.2, -0.15) is 4.31 Å². The van der Waals surface area contributed by atoms with Crippen LogP contribution in [0.3, 0.4) is 0 Å². The summed E-state index contributed by atoms with van der Waals surface area (Å²) in [6, 6.07) is 0. The molecule has 1 N–H and O–H groups in total. The van der Waals surface area contributed by atoms with Gasteiger partial charge in [-0.1, -0.05) is 12.1 Å². The van der Waals surface area contributed by atoms with Crippen molar-refractivity contribution in [1.82, 2.24) is 19.7 Å². The van der Waals surface area contributed by atoms with Crippen molar-refractivity contribution >= 4 is 15.9 Å². The maximum absolute atomic E-state index is 13.0. The van der Waals surface area contributed by atoms with E-state index in [-0.39, 0.29) is 23.3 Å². The van der Waals surface area contributed by atoms with Gasteiger partial charge >= 0.3 is 0 Å². The SMILES string of the molecule is Cc1noc(C)c1S(=O)(=O)N1CCCC(C(=O)NCCCN2CCC(C)CC2)C1. The lowest BCUT2D eigenvalue weighted by molar-refractivity contribution is -0.126. The molecule has 0 aliphatic carbocycles. The molecule has 1 unspecified atom stereocenters. The fraction of sp³-hybridized carbons (Fsp3) is 0.800. The third-order valence-corrected chi connectivity index (χ3v) is 8.26. The van der Waals surface area contributed by atoms with Crippen LogP contribution in [0, 0.1) is 25.7 Å². The number of aryl methyl sites for hydroxylation is 2. The number of nitrogens with zero attached hydrogens (tertiary/aromatic N) is 3. The largest absolute Gasteiger partial charge is 0.360 e. The number of hydrogen-bond donors (Lipinski definition) is 1.